The molecule has 41 heavy (non-hydrogen) atoms. The van der Waals surface area contributed by atoms with Gasteiger partial charge in [-0.3, -0.25) is 0 Å². The molecule has 0 aliphatic heterocycles. The van der Waals surface area contributed by atoms with Crippen molar-refractivity contribution in [3.8, 4) is 0 Å². The summed E-state index contributed by atoms with van der Waals surface area (Å²) in [7, 11) is 0. The molecular formula is C41H76. The van der Waals surface area contributed by atoms with Crippen molar-refractivity contribution in [1.29, 1.82) is 0 Å². The monoisotopic (exact) mass is 569 g/mol. The van der Waals surface area contributed by atoms with E-state index in [1.54, 1.807) is 11.1 Å². The second-order valence-corrected chi connectivity index (χ2v) is 13.8. The molecule has 1 aromatic carbocycles. The van der Waals surface area contributed by atoms with Crippen molar-refractivity contribution >= 4 is 0 Å². The van der Waals surface area contributed by atoms with Crippen LogP contribution in [0.4, 0.5) is 0 Å². The zero-order valence-corrected chi connectivity index (χ0v) is 28.8. The molecule has 0 saturated carbocycles. The first kappa shape index (κ1) is 38.2. The number of hydrogen-bond donors (Lipinski definition) is 0. The summed E-state index contributed by atoms with van der Waals surface area (Å²) in [4.78, 5) is 0. The fraction of sp³-hybridized carbons (Fsp3) is 0.854. The van der Waals surface area contributed by atoms with E-state index in [4.69, 9.17) is 0 Å². The van der Waals surface area contributed by atoms with E-state index in [0.717, 1.165) is 5.92 Å². The van der Waals surface area contributed by atoms with Crippen LogP contribution in [0.15, 0.2) is 24.3 Å². The fourth-order valence-corrected chi connectivity index (χ4v) is 6.58. The molecule has 1 unspecified atom stereocenters. The van der Waals surface area contributed by atoms with Gasteiger partial charge in [-0.15, -0.1) is 0 Å². The number of rotatable bonds is 32. The predicted molar refractivity (Wildman–Crippen MR) is 188 cm³/mol. The van der Waals surface area contributed by atoms with E-state index >= 15 is 0 Å². The van der Waals surface area contributed by atoms with Gasteiger partial charge in [-0.2, -0.15) is 0 Å². The first-order chi connectivity index (χ1) is 20.3. The van der Waals surface area contributed by atoms with Crippen LogP contribution in [0.1, 0.15) is 218 Å². The number of hydrogen-bond acceptors (Lipinski definition) is 0. The van der Waals surface area contributed by atoms with Crippen LogP contribution >= 0.6 is 0 Å². The van der Waals surface area contributed by atoms with Crippen molar-refractivity contribution in [1.82, 2.24) is 0 Å². The van der Waals surface area contributed by atoms with E-state index in [0.29, 0.717) is 0 Å². The zero-order chi connectivity index (χ0) is 29.5. The molecule has 0 spiro atoms. The van der Waals surface area contributed by atoms with Crippen LogP contribution in [0, 0.1) is 5.92 Å². The minimum absolute atomic E-state index is 0.900. The average molecular weight is 569 g/mol. The number of benzene rings is 1. The molecule has 0 fully saturated rings. The average Bonchev–Trinajstić information content (AvgIpc) is 2.98. The van der Waals surface area contributed by atoms with Crippen LogP contribution in [0.3, 0.4) is 0 Å². The molecule has 1 atom stereocenters. The Balaban J connectivity index is 1.80. The Bertz CT molecular complexity index is 631. The van der Waals surface area contributed by atoms with Gasteiger partial charge in [0.25, 0.3) is 0 Å². The molecule has 0 amide bonds. The topological polar surface area (TPSA) is 0 Å². The van der Waals surface area contributed by atoms with Gasteiger partial charge in [-0.05, 0) is 42.7 Å². The Morgan fingerprint density at radius 1 is 0.390 bits per heavy atom. The highest BCUT2D eigenvalue weighted by molar-refractivity contribution is 5.23. The zero-order valence-electron chi connectivity index (χ0n) is 28.8. The summed E-state index contributed by atoms with van der Waals surface area (Å²) in [5.41, 5.74) is 3.13. The quantitative estimate of drug-likeness (QED) is 0.0758. The van der Waals surface area contributed by atoms with Gasteiger partial charge in [-0.1, -0.05) is 218 Å². The lowest BCUT2D eigenvalue weighted by Gasteiger charge is -2.11. The fourth-order valence-electron chi connectivity index (χ4n) is 6.58. The third-order valence-electron chi connectivity index (χ3n) is 9.52. The molecule has 0 radical (unpaired) electrons. The normalized spacial score (nSPS) is 12.3. The van der Waals surface area contributed by atoms with Gasteiger partial charge in [0.2, 0.25) is 0 Å². The SMILES string of the molecule is CCCCCCCCCCCCCCCCCCCCCCCCCCc1cccc(CCCC(C)CCCC)c1. The molecule has 0 bridgehead atoms. The third-order valence-corrected chi connectivity index (χ3v) is 9.52. The first-order valence-corrected chi connectivity index (χ1v) is 19.3. The van der Waals surface area contributed by atoms with Crippen molar-refractivity contribution < 1.29 is 0 Å². The smallest absolute Gasteiger partial charge is 0.0279 e. The summed E-state index contributed by atoms with van der Waals surface area (Å²) in [5, 5.41) is 0. The van der Waals surface area contributed by atoms with Crippen LogP contribution in [-0.2, 0) is 12.8 Å². The van der Waals surface area contributed by atoms with Crippen LogP contribution in [-0.4, -0.2) is 0 Å². The molecule has 0 nitrogen and oxygen atoms in total. The summed E-state index contributed by atoms with van der Waals surface area (Å²) < 4.78 is 0. The molecule has 0 heterocycles. The Morgan fingerprint density at radius 3 is 1.10 bits per heavy atom. The van der Waals surface area contributed by atoms with Crippen LogP contribution in [0.25, 0.3) is 0 Å². The molecule has 0 N–H and O–H groups in total. The lowest BCUT2D eigenvalue weighted by Crippen LogP contribution is -1.97. The lowest BCUT2D eigenvalue weighted by atomic mass is 9.95. The number of aryl methyl sites for hydroxylation is 2. The highest BCUT2D eigenvalue weighted by Crippen LogP contribution is 2.19. The van der Waals surface area contributed by atoms with Crippen LogP contribution in [0.5, 0.6) is 0 Å². The second-order valence-electron chi connectivity index (χ2n) is 13.8. The second kappa shape index (κ2) is 30.7. The van der Waals surface area contributed by atoms with Gasteiger partial charge in [0.05, 0.1) is 0 Å². The maximum atomic E-state index is 2.50. The molecule has 0 aliphatic rings. The Hall–Kier alpha value is -0.780. The largest absolute Gasteiger partial charge is 0.0654 e. The summed E-state index contributed by atoms with van der Waals surface area (Å²) in [6.07, 6.45) is 44.6. The lowest BCUT2D eigenvalue weighted by molar-refractivity contribution is 0.457. The van der Waals surface area contributed by atoms with E-state index in [-0.39, 0.29) is 0 Å². The molecule has 0 heteroatoms. The van der Waals surface area contributed by atoms with E-state index in [1.807, 2.05) is 0 Å². The van der Waals surface area contributed by atoms with Crippen molar-refractivity contribution in [2.45, 2.75) is 220 Å². The van der Waals surface area contributed by atoms with Gasteiger partial charge in [0.1, 0.15) is 0 Å². The Labute approximate surface area is 260 Å². The maximum Gasteiger partial charge on any atom is -0.0279 e. The Morgan fingerprint density at radius 2 is 0.707 bits per heavy atom. The van der Waals surface area contributed by atoms with Crippen molar-refractivity contribution in [3.63, 3.8) is 0 Å². The van der Waals surface area contributed by atoms with Crippen LogP contribution in [0.2, 0.25) is 0 Å². The van der Waals surface area contributed by atoms with Gasteiger partial charge in [0, 0.05) is 0 Å². The first-order valence-electron chi connectivity index (χ1n) is 19.3. The van der Waals surface area contributed by atoms with Crippen molar-refractivity contribution in [2.75, 3.05) is 0 Å². The summed E-state index contributed by atoms with van der Waals surface area (Å²) in [6, 6.07) is 9.49. The highest BCUT2D eigenvalue weighted by atomic mass is 14.1. The van der Waals surface area contributed by atoms with Crippen molar-refractivity contribution in [3.05, 3.63) is 35.4 Å². The van der Waals surface area contributed by atoms with Crippen molar-refractivity contribution in [2.24, 2.45) is 5.92 Å². The standard InChI is InChI=1S/C41H76/c1-4-6-8-9-10-11-12-13-14-15-16-17-18-19-20-21-22-23-24-25-26-27-28-29-34-40-36-31-37-41(38-40)35-30-33-39(3)32-7-5-2/h31,36-39H,4-30,32-35H2,1-3H3. The van der Waals surface area contributed by atoms with Gasteiger partial charge in [-0.25, -0.2) is 0 Å². The van der Waals surface area contributed by atoms with E-state index < -0.39 is 0 Å². The maximum absolute atomic E-state index is 2.50. The molecule has 0 aliphatic carbocycles. The predicted octanol–water partition coefficient (Wildman–Crippen LogP) is 14.8. The summed E-state index contributed by atoms with van der Waals surface area (Å²) >= 11 is 0. The van der Waals surface area contributed by atoms with E-state index in [1.165, 1.54) is 199 Å². The van der Waals surface area contributed by atoms with Gasteiger partial charge >= 0.3 is 0 Å². The van der Waals surface area contributed by atoms with E-state index in [2.05, 4.69) is 45.0 Å². The molecule has 240 valence electrons. The minimum atomic E-state index is 0.900. The highest BCUT2D eigenvalue weighted by Gasteiger charge is 2.03. The van der Waals surface area contributed by atoms with Gasteiger partial charge in [0.15, 0.2) is 0 Å². The van der Waals surface area contributed by atoms with E-state index in [9.17, 15) is 0 Å². The molecule has 1 aromatic rings. The Kier molecular flexibility index (Phi) is 28.6. The number of unbranched alkanes of at least 4 members (excludes halogenated alkanes) is 24. The molecule has 0 aromatic heterocycles. The summed E-state index contributed by atoms with van der Waals surface area (Å²) in [6.45, 7) is 7.05. The summed E-state index contributed by atoms with van der Waals surface area (Å²) in [5.74, 6) is 0.900. The third kappa shape index (κ3) is 26.6. The molecule has 0 saturated heterocycles. The van der Waals surface area contributed by atoms with Crippen LogP contribution < -0.4 is 0 Å². The molecular weight excluding hydrogens is 492 g/mol. The molecule has 1 rings (SSSR count). The minimum Gasteiger partial charge on any atom is -0.0654 e. The van der Waals surface area contributed by atoms with Gasteiger partial charge < -0.3 is 0 Å².